The van der Waals surface area contributed by atoms with Crippen LogP contribution in [0.3, 0.4) is 0 Å². The van der Waals surface area contributed by atoms with E-state index < -0.39 is 8.03 Å². The van der Waals surface area contributed by atoms with Crippen molar-refractivity contribution in [2.24, 2.45) is 0 Å². The molecule has 0 fully saturated rings. The monoisotopic (exact) mass is 308 g/mol. The molecule has 0 amide bonds. The summed E-state index contributed by atoms with van der Waals surface area (Å²) in [5.41, 5.74) is 0. The van der Waals surface area contributed by atoms with Crippen LogP contribution in [-0.2, 0) is 4.57 Å². The molecule has 1 aromatic carbocycles. The molecule has 0 aromatic heterocycles. The van der Waals surface area contributed by atoms with Crippen molar-refractivity contribution in [3.8, 4) is 5.75 Å². The van der Waals surface area contributed by atoms with Gasteiger partial charge in [-0.25, -0.2) is 0 Å². The van der Waals surface area contributed by atoms with Gasteiger partial charge in [0.1, 0.15) is 0 Å². The zero-order chi connectivity index (χ0) is 8.10. The smallest absolute Gasteiger partial charge is 0.254 e. The largest absolute Gasteiger partial charge is 0.555 e. The number of rotatable bonds is 3. The second-order valence-corrected chi connectivity index (χ2v) is 3.53. The minimum absolute atomic E-state index is 0. The molecular weight excluding hydrogens is 298 g/mol. The minimum Gasteiger partial charge on any atom is -0.254 e. The average Bonchev–Trinajstić information content (AvgIpc) is 2.06. The molecule has 0 aliphatic rings. The van der Waals surface area contributed by atoms with E-state index in [1.54, 1.807) is 12.1 Å². The third kappa shape index (κ3) is 4.37. The summed E-state index contributed by atoms with van der Waals surface area (Å²) in [6.07, 6.45) is 0.560. The Morgan fingerprint density at radius 1 is 1.33 bits per heavy atom. The molecule has 1 unspecified atom stereocenters. The minimum atomic E-state index is -1.50. The number of benzene rings is 1. The van der Waals surface area contributed by atoms with Crippen LogP contribution in [0.2, 0.25) is 0 Å². The van der Waals surface area contributed by atoms with Gasteiger partial charge in [-0.3, -0.25) is 4.52 Å². The maximum absolute atomic E-state index is 10.9. The first kappa shape index (κ1) is 12.3. The third-order valence-corrected chi connectivity index (χ3v) is 2.14. The summed E-state index contributed by atoms with van der Waals surface area (Å²) in [6, 6.07) is 9.19. The Bertz CT molecular complexity index is 238. The van der Waals surface area contributed by atoms with Crippen molar-refractivity contribution < 1.29 is 44.7 Å². The summed E-state index contributed by atoms with van der Waals surface area (Å²) in [5.74, 6) is 0.676. The fourth-order valence-electron chi connectivity index (χ4n) is 0.663. The van der Waals surface area contributed by atoms with E-state index in [2.05, 4.69) is 0 Å². The van der Waals surface area contributed by atoms with Crippen LogP contribution in [0.4, 0.5) is 0 Å². The van der Waals surface area contributed by atoms with Crippen LogP contribution in [-0.4, -0.2) is 6.16 Å². The molecule has 0 aliphatic heterocycles. The van der Waals surface area contributed by atoms with Crippen LogP contribution in [0, 0.1) is 35.6 Å². The summed E-state index contributed by atoms with van der Waals surface area (Å²) >= 11 is 0. The molecule has 0 aliphatic carbocycles. The standard InChI is InChI=1S/C8H10O2P.La/c1-2-11(9)10-8-6-4-3-5-7-8;/h3-7H,2H2,1H3;/q+1;. The molecule has 1 radical (unpaired) electrons. The van der Waals surface area contributed by atoms with E-state index in [4.69, 9.17) is 4.52 Å². The van der Waals surface area contributed by atoms with E-state index in [1.165, 1.54) is 0 Å². The number of hydrogen-bond donors (Lipinski definition) is 0. The summed E-state index contributed by atoms with van der Waals surface area (Å²) in [6.45, 7) is 1.83. The van der Waals surface area contributed by atoms with Crippen molar-refractivity contribution in [3.05, 3.63) is 30.3 Å². The van der Waals surface area contributed by atoms with Crippen molar-refractivity contribution in [2.75, 3.05) is 6.16 Å². The predicted octanol–water partition coefficient (Wildman–Crippen LogP) is 2.83. The Kier molecular flexibility index (Phi) is 6.97. The quantitative estimate of drug-likeness (QED) is 0.803. The summed E-state index contributed by atoms with van der Waals surface area (Å²) < 4.78 is 16.0. The Morgan fingerprint density at radius 3 is 2.42 bits per heavy atom. The fraction of sp³-hybridized carbons (Fsp3) is 0.250. The Hall–Kier alpha value is 0.315. The van der Waals surface area contributed by atoms with Gasteiger partial charge in [0.05, 0.1) is 0 Å². The van der Waals surface area contributed by atoms with Gasteiger partial charge < -0.3 is 0 Å². The van der Waals surface area contributed by atoms with Crippen LogP contribution in [0.25, 0.3) is 0 Å². The molecule has 0 saturated carbocycles. The Balaban J connectivity index is 0.00000121. The number of para-hydroxylation sites is 1. The van der Waals surface area contributed by atoms with Gasteiger partial charge in [0.2, 0.25) is 0 Å². The summed E-state index contributed by atoms with van der Waals surface area (Å²) in [5, 5.41) is 0. The van der Waals surface area contributed by atoms with Gasteiger partial charge >= 0.3 is 8.03 Å². The van der Waals surface area contributed by atoms with Gasteiger partial charge in [-0.1, -0.05) is 18.2 Å². The van der Waals surface area contributed by atoms with Gasteiger partial charge in [-0.2, -0.15) is 0 Å². The van der Waals surface area contributed by atoms with Crippen molar-refractivity contribution in [2.45, 2.75) is 6.92 Å². The molecular formula is C8H10LaO2P+. The van der Waals surface area contributed by atoms with Crippen LogP contribution >= 0.6 is 8.03 Å². The second kappa shape index (κ2) is 6.79. The molecule has 0 N–H and O–H groups in total. The third-order valence-electron chi connectivity index (χ3n) is 1.21. The van der Waals surface area contributed by atoms with Gasteiger partial charge in [-0.15, -0.1) is 0 Å². The van der Waals surface area contributed by atoms with Gasteiger partial charge in [0.15, 0.2) is 11.9 Å². The van der Waals surface area contributed by atoms with E-state index >= 15 is 0 Å². The molecule has 1 rings (SSSR count). The van der Waals surface area contributed by atoms with Crippen molar-refractivity contribution >= 4 is 8.03 Å². The Labute approximate surface area is 101 Å². The predicted molar refractivity (Wildman–Crippen MR) is 45.2 cm³/mol. The molecule has 0 bridgehead atoms. The van der Waals surface area contributed by atoms with E-state index in [1.807, 2.05) is 25.1 Å². The molecule has 12 heavy (non-hydrogen) atoms. The van der Waals surface area contributed by atoms with Gasteiger partial charge in [0, 0.05) is 35.6 Å². The average molecular weight is 308 g/mol. The van der Waals surface area contributed by atoms with Crippen LogP contribution in [0.1, 0.15) is 6.92 Å². The normalized spacial score (nSPS) is 9.92. The molecule has 0 spiro atoms. The second-order valence-electron chi connectivity index (χ2n) is 2.05. The fourth-order valence-corrected chi connectivity index (χ4v) is 1.15. The molecule has 0 heterocycles. The van der Waals surface area contributed by atoms with Crippen molar-refractivity contribution in [1.29, 1.82) is 0 Å². The van der Waals surface area contributed by atoms with Crippen LogP contribution < -0.4 is 4.52 Å². The van der Waals surface area contributed by atoms with Crippen molar-refractivity contribution in [1.82, 2.24) is 0 Å². The van der Waals surface area contributed by atoms with E-state index in [-0.39, 0.29) is 35.6 Å². The molecule has 2 nitrogen and oxygen atoms in total. The first-order valence-electron chi connectivity index (χ1n) is 3.50. The molecule has 1 aromatic rings. The molecule has 4 heteroatoms. The van der Waals surface area contributed by atoms with Crippen LogP contribution in [0.5, 0.6) is 5.75 Å². The van der Waals surface area contributed by atoms with E-state index in [0.717, 1.165) is 0 Å². The SMILES string of the molecule is CC[P+](=O)Oc1ccccc1.[La]. The summed E-state index contributed by atoms with van der Waals surface area (Å²) in [4.78, 5) is 0. The van der Waals surface area contributed by atoms with Crippen molar-refractivity contribution in [3.63, 3.8) is 0 Å². The molecule has 1 atom stereocenters. The van der Waals surface area contributed by atoms with Gasteiger partial charge in [0.25, 0.3) is 0 Å². The maximum Gasteiger partial charge on any atom is 0.555 e. The summed E-state index contributed by atoms with van der Waals surface area (Å²) in [7, 11) is -1.50. The molecule has 61 valence electrons. The van der Waals surface area contributed by atoms with E-state index in [0.29, 0.717) is 11.9 Å². The first-order chi connectivity index (χ1) is 5.33. The first-order valence-corrected chi connectivity index (χ1v) is 4.87. The molecule has 0 saturated heterocycles. The Morgan fingerprint density at radius 2 is 1.92 bits per heavy atom. The van der Waals surface area contributed by atoms with E-state index in [9.17, 15) is 4.57 Å². The topological polar surface area (TPSA) is 26.3 Å². The number of hydrogen-bond acceptors (Lipinski definition) is 2. The zero-order valence-electron chi connectivity index (χ0n) is 6.93. The van der Waals surface area contributed by atoms with Crippen LogP contribution in [0.15, 0.2) is 30.3 Å². The maximum atomic E-state index is 10.9. The van der Waals surface area contributed by atoms with Gasteiger partial charge in [-0.05, 0) is 23.6 Å². The zero-order valence-corrected chi connectivity index (χ0v) is 11.5.